The molecule has 2 amide bonds. The second kappa shape index (κ2) is 10.8. The van der Waals surface area contributed by atoms with Crippen molar-refractivity contribution < 1.29 is 14.5 Å². The van der Waals surface area contributed by atoms with Gasteiger partial charge in [-0.25, -0.2) is 0 Å². The molecule has 1 saturated carbocycles. The molecule has 1 fully saturated rings. The molecule has 0 saturated heterocycles. The summed E-state index contributed by atoms with van der Waals surface area (Å²) in [6.07, 6.45) is 7.39. The van der Waals surface area contributed by atoms with Crippen LogP contribution in [0.1, 0.15) is 48.9 Å². The molecule has 8 nitrogen and oxygen atoms in total. The number of carbonyl (C=O) groups is 2. The Hall–Kier alpha value is -2.19. The minimum Gasteiger partial charge on any atom is -0.353 e. The summed E-state index contributed by atoms with van der Waals surface area (Å²) in [5, 5.41) is 19.5. The maximum absolute atomic E-state index is 12.2. The predicted octanol–water partition coefficient (Wildman–Crippen LogP) is 2.41. The molecular formula is C18H25ClN4O4. The zero-order valence-corrected chi connectivity index (χ0v) is 15.9. The van der Waals surface area contributed by atoms with E-state index in [1.807, 2.05) is 0 Å². The Morgan fingerprint density at radius 3 is 2.48 bits per heavy atom. The fourth-order valence-electron chi connectivity index (χ4n) is 3.16. The average molecular weight is 397 g/mol. The Labute approximate surface area is 163 Å². The first-order valence-corrected chi connectivity index (χ1v) is 9.58. The van der Waals surface area contributed by atoms with Gasteiger partial charge in [0, 0.05) is 25.2 Å². The number of amides is 2. The standard InChI is InChI=1S/C18H25ClN4O4/c19-14-8-5-9-15(23(26)27)17(14)18(25)22-12-16(24)21-11-10-20-13-6-3-1-2-4-7-13/h5,8-9,13,20H,1-4,6-7,10-12H2,(H,21,24)(H,22,25). The molecule has 1 aliphatic rings. The molecule has 1 aromatic rings. The number of nitro benzene ring substituents is 1. The summed E-state index contributed by atoms with van der Waals surface area (Å²) in [5.74, 6) is -1.11. The highest BCUT2D eigenvalue weighted by molar-refractivity contribution is 6.34. The summed E-state index contributed by atoms with van der Waals surface area (Å²) >= 11 is 5.90. The lowest BCUT2D eigenvalue weighted by Gasteiger charge is -2.16. The predicted molar refractivity (Wildman–Crippen MR) is 103 cm³/mol. The lowest BCUT2D eigenvalue weighted by Crippen LogP contribution is -2.41. The van der Waals surface area contributed by atoms with Gasteiger partial charge in [0.05, 0.1) is 16.5 Å². The zero-order chi connectivity index (χ0) is 19.6. The van der Waals surface area contributed by atoms with Crippen LogP contribution >= 0.6 is 11.6 Å². The van der Waals surface area contributed by atoms with Crippen molar-refractivity contribution in [2.45, 2.75) is 44.6 Å². The molecule has 0 aliphatic heterocycles. The van der Waals surface area contributed by atoms with Gasteiger partial charge in [0.15, 0.2) is 0 Å². The normalized spacial score (nSPS) is 15.0. The molecule has 1 aliphatic carbocycles. The second-order valence-electron chi connectivity index (χ2n) is 6.57. The third kappa shape index (κ3) is 6.80. The van der Waals surface area contributed by atoms with E-state index in [4.69, 9.17) is 11.6 Å². The van der Waals surface area contributed by atoms with Gasteiger partial charge in [-0.2, -0.15) is 0 Å². The summed E-state index contributed by atoms with van der Waals surface area (Å²) in [6, 6.07) is 4.48. The molecular weight excluding hydrogens is 372 g/mol. The number of nitro groups is 1. The molecule has 0 bridgehead atoms. The van der Waals surface area contributed by atoms with Crippen molar-refractivity contribution in [2.24, 2.45) is 0 Å². The van der Waals surface area contributed by atoms with Crippen LogP contribution in [0.3, 0.4) is 0 Å². The molecule has 0 radical (unpaired) electrons. The van der Waals surface area contributed by atoms with Gasteiger partial charge in [0.25, 0.3) is 11.6 Å². The molecule has 9 heteroatoms. The fraction of sp³-hybridized carbons (Fsp3) is 0.556. The molecule has 3 N–H and O–H groups in total. The van der Waals surface area contributed by atoms with Gasteiger partial charge in [-0.3, -0.25) is 19.7 Å². The van der Waals surface area contributed by atoms with Crippen molar-refractivity contribution in [1.82, 2.24) is 16.0 Å². The lowest BCUT2D eigenvalue weighted by molar-refractivity contribution is -0.385. The summed E-state index contributed by atoms with van der Waals surface area (Å²) in [5.41, 5.74) is -0.639. The number of carbonyl (C=O) groups excluding carboxylic acids is 2. The molecule has 2 rings (SSSR count). The topological polar surface area (TPSA) is 113 Å². The Morgan fingerprint density at radius 2 is 1.81 bits per heavy atom. The van der Waals surface area contributed by atoms with Crippen LogP contribution in [0, 0.1) is 10.1 Å². The summed E-state index contributed by atoms with van der Waals surface area (Å²) < 4.78 is 0. The Morgan fingerprint density at radius 1 is 1.11 bits per heavy atom. The second-order valence-corrected chi connectivity index (χ2v) is 6.97. The first kappa shape index (κ1) is 21.1. The Bertz CT molecular complexity index is 675. The van der Waals surface area contributed by atoms with Crippen LogP contribution in [-0.2, 0) is 4.79 Å². The van der Waals surface area contributed by atoms with Crippen LogP contribution in [0.15, 0.2) is 18.2 Å². The van der Waals surface area contributed by atoms with E-state index in [-0.39, 0.29) is 23.0 Å². The fourth-order valence-corrected chi connectivity index (χ4v) is 3.42. The van der Waals surface area contributed by atoms with E-state index in [9.17, 15) is 19.7 Å². The van der Waals surface area contributed by atoms with Gasteiger partial charge in [0.1, 0.15) is 5.56 Å². The molecule has 148 valence electrons. The number of hydrogen-bond acceptors (Lipinski definition) is 5. The van der Waals surface area contributed by atoms with Gasteiger partial charge in [-0.05, 0) is 18.9 Å². The van der Waals surface area contributed by atoms with Crippen LogP contribution in [0.2, 0.25) is 5.02 Å². The van der Waals surface area contributed by atoms with Crippen molar-refractivity contribution in [3.05, 3.63) is 38.9 Å². The number of rotatable bonds is 8. The Kier molecular flexibility index (Phi) is 8.47. The highest BCUT2D eigenvalue weighted by Crippen LogP contribution is 2.25. The lowest BCUT2D eigenvalue weighted by atomic mass is 10.1. The van der Waals surface area contributed by atoms with Gasteiger partial charge in [-0.1, -0.05) is 43.4 Å². The minimum absolute atomic E-state index is 0.0327. The van der Waals surface area contributed by atoms with E-state index in [0.717, 1.165) is 0 Å². The van der Waals surface area contributed by atoms with E-state index in [1.54, 1.807) is 0 Å². The summed E-state index contributed by atoms with van der Waals surface area (Å²) in [6.45, 7) is 0.850. The average Bonchev–Trinajstić information content (AvgIpc) is 2.91. The van der Waals surface area contributed by atoms with Crippen molar-refractivity contribution >= 4 is 29.1 Å². The number of hydrogen-bond donors (Lipinski definition) is 3. The van der Waals surface area contributed by atoms with E-state index < -0.39 is 16.5 Å². The van der Waals surface area contributed by atoms with Crippen LogP contribution < -0.4 is 16.0 Å². The number of benzene rings is 1. The van der Waals surface area contributed by atoms with Crippen molar-refractivity contribution in [2.75, 3.05) is 19.6 Å². The van der Waals surface area contributed by atoms with Crippen LogP contribution in [0.5, 0.6) is 0 Å². The SMILES string of the molecule is O=C(CNC(=O)c1c(Cl)cccc1[N+](=O)[O-])NCCNC1CCCCCC1. The molecule has 27 heavy (non-hydrogen) atoms. The van der Waals surface area contributed by atoms with Gasteiger partial charge in [0.2, 0.25) is 5.91 Å². The molecule has 0 spiro atoms. The smallest absolute Gasteiger partial charge is 0.283 e. The van der Waals surface area contributed by atoms with E-state index >= 15 is 0 Å². The van der Waals surface area contributed by atoms with Gasteiger partial charge < -0.3 is 16.0 Å². The van der Waals surface area contributed by atoms with Crippen LogP contribution in [0.4, 0.5) is 5.69 Å². The largest absolute Gasteiger partial charge is 0.353 e. The zero-order valence-electron chi connectivity index (χ0n) is 15.1. The number of halogens is 1. The van der Waals surface area contributed by atoms with Crippen LogP contribution in [-0.4, -0.2) is 42.4 Å². The Balaban J connectivity index is 1.72. The number of nitrogens with zero attached hydrogens (tertiary/aromatic N) is 1. The van der Waals surface area contributed by atoms with Gasteiger partial charge >= 0.3 is 0 Å². The summed E-state index contributed by atoms with van der Waals surface area (Å²) in [7, 11) is 0. The quantitative estimate of drug-likeness (QED) is 0.270. The molecule has 0 unspecified atom stereocenters. The van der Waals surface area contributed by atoms with Crippen molar-refractivity contribution in [1.29, 1.82) is 0 Å². The van der Waals surface area contributed by atoms with E-state index in [1.165, 1.54) is 56.7 Å². The van der Waals surface area contributed by atoms with Crippen LogP contribution in [0.25, 0.3) is 0 Å². The third-order valence-electron chi connectivity index (χ3n) is 4.56. The van der Waals surface area contributed by atoms with E-state index in [0.29, 0.717) is 19.1 Å². The van der Waals surface area contributed by atoms with Gasteiger partial charge in [-0.15, -0.1) is 0 Å². The van der Waals surface area contributed by atoms with E-state index in [2.05, 4.69) is 16.0 Å². The highest BCUT2D eigenvalue weighted by Gasteiger charge is 2.23. The third-order valence-corrected chi connectivity index (χ3v) is 4.88. The monoisotopic (exact) mass is 396 g/mol. The maximum atomic E-state index is 12.2. The molecule has 0 atom stereocenters. The molecule has 0 heterocycles. The summed E-state index contributed by atoms with van der Waals surface area (Å²) in [4.78, 5) is 34.4. The molecule has 0 aromatic heterocycles. The van der Waals surface area contributed by atoms with Crippen molar-refractivity contribution in [3.8, 4) is 0 Å². The first-order valence-electron chi connectivity index (χ1n) is 9.20. The van der Waals surface area contributed by atoms with Crippen molar-refractivity contribution in [3.63, 3.8) is 0 Å². The number of nitrogens with one attached hydrogen (secondary N) is 3. The highest BCUT2D eigenvalue weighted by atomic mass is 35.5. The molecule has 1 aromatic carbocycles. The minimum atomic E-state index is -0.751. The maximum Gasteiger partial charge on any atom is 0.283 e. The first-order chi connectivity index (χ1) is 13.0.